The molecule has 1 aromatic carbocycles. The Morgan fingerprint density at radius 2 is 1.95 bits per heavy atom. The average molecular weight is 302 g/mol. The van der Waals surface area contributed by atoms with Crippen molar-refractivity contribution in [2.75, 3.05) is 7.11 Å². The number of aromatic nitrogens is 1. The van der Waals surface area contributed by atoms with E-state index in [4.69, 9.17) is 0 Å². The van der Waals surface area contributed by atoms with Crippen LogP contribution in [0.1, 0.15) is 20.7 Å². The molecule has 0 radical (unpaired) electrons. The summed E-state index contributed by atoms with van der Waals surface area (Å²) in [5.74, 6) is -2.09. The maximum atomic E-state index is 11.8. The number of nitro benzene ring substituents is 1. The third-order valence-corrected chi connectivity index (χ3v) is 2.93. The molecular weight excluding hydrogens is 292 g/mol. The number of pyridine rings is 1. The number of methoxy groups -OCH3 is 1. The van der Waals surface area contributed by atoms with Gasteiger partial charge in [0.2, 0.25) is 0 Å². The van der Waals surface area contributed by atoms with Crippen LogP contribution in [0.2, 0.25) is 0 Å². The highest BCUT2D eigenvalue weighted by Gasteiger charge is 2.22. The first-order valence-corrected chi connectivity index (χ1v) is 6.00. The zero-order valence-electron chi connectivity index (χ0n) is 11.3. The summed E-state index contributed by atoms with van der Waals surface area (Å²) in [6.45, 7) is 0. The van der Waals surface area contributed by atoms with Crippen molar-refractivity contribution in [2.45, 2.75) is 0 Å². The van der Waals surface area contributed by atoms with Gasteiger partial charge in [-0.2, -0.15) is 0 Å². The predicted molar refractivity (Wildman–Crippen MR) is 74.6 cm³/mol. The van der Waals surface area contributed by atoms with Crippen molar-refractivity contribution in [2.24, 2.45) is 0 Å². The number of ether oxygens (including phenoxy) is 1. The summed E-state index contributed by atoms with van der Waals surface area (Å²) in [5, 5.41) is 20.1. The minimum atomic E-state index is -1.31. The van der Waals surface area contributed by atoms with Gasteiger partial charge >= 0.3 is 11.9 Å². The molecule has 2 rings (SSSR count). The van der Waals surface area contributed by atoms with Crippen LogP contribution in [0.15, 0.2) is 36.7 Å². The van der Waals surface area contributed by atoms with E-state index < -0.39 is 16.9 Å². The number of hydrogen-bond acceptors (Lipinski definition) is 6. The molecular formula is C14H10N2O6. The Morgan fingerprint density at radius 3 is 2.55 bits per heavy atom. The molecule has 0 atom stereocenters. The van der Waals surface area contributed by atoms with Gasteiger partial charge in [-0.1, -0.05) is 12.1 Å². The first-order valence-electron chi connectivity index (χ1n) is 6.00. The molecule has 0 amide bonds. The maximum absolute atomic E-state index is 11.8. The number of nitrogens with zero attached hydrogens (tertiary/aromatic N) is 2. The summed E-state index contributed by atoms with van der Waals surface area (Å²) in [5.41, 5.74) is -0.305. The van der Waals surface area contributed by atoms with E-state index >= 15 is 0 Å². The third-order valence-electron chi connectivity index (χ3n) is 2.93. The van der Waals surface area contributed by atoms with Gasteiger partial charge in [-0.05, 0) is 5.56 Å². The van der Waals surface area contributed by atoms with Crippen molar-refractivity contribution >= 4 is 17.6 Å². The molecule has 0 unspecified atom stereocenters. The Kier molecular flexibility index (Phi) is 4.12. The highest BCUT2D eigenvalue weighted by Crippen LogP contribution is 2.30. The van der Waals surface area contributed by atoms with Crippen LogP contribution in [-0.2, 0) is 4.74 Å². The van der Waals surface area contributed by atoms with Gasteiger partial charge in [-0.15, -0.1) is 0 Å². The number of nitro groups is 1. The molecule has 112 valence electrons. The van der Waals surface area contributed by atoms with Crippen molar-refractivity contribution in [3.05, 3.63) is 57.9 Å². The normalized spacial score (nSPS) is 10.0. The van der Waals surface area contributed by atoms with Crippen LogP contribution in [0.5, 0.6) is 0 Å². The Balaban J connectivity index is 2.76. The summed E-state index contributed by atoms with van der Waals surface area (Å²) in [6, 6.07) is 5.33. The van der Waals surface area contributed by atoms with Crippen molar-refractivity contribution in [3.63, 3.8) is 0 Å². The number of carbonyl (C=O) groups excluding carboxylic acids is 1. The highest BCUT2D eigenvalue weighted by molar-refractivity contribution is 6.05. The minimum Gasteiger partial charge on any atom is -0.478 e. The van der Waals surface area contributed by atoms with E-state index in [0.717, 1.165) is 19.5 Å². The van der Waals surface area contributed by atoms with Crippen molar-refractivity contribution in [3.8, 4) is 11.1 Å². The smallest absolute Gasteiger partial charge is 0.340 e. The van der Waals surface area contributed by atoms with Gasteiger partial charge in [-0.25, -0.2) is 9.59 Å². The zero-order valence-corrected chi connectivity index (χ0v) is 11.3. The Bertz CT molecular complexity index is 772. The van der Waals surface area contributed by atoms with E-state index in [-0.39, 0.29) is 27.9 Å². The summed E-state index contributed by atoms with van der Waals surface area (Å²) in [6.07, 6.45) is 2.23. The fourth-order valence-corrected chi connectivity index (χ4v) is 1.97. The van der Waals surface area contributed by atoms with Crippen LogP contribution in [-0.4, -0.2) is 34.1 Å². The van der Waals surface area contributed by atoms with Crippen LogP contribution in [0.25, 0.3) is 11.1 Å². The van der Waals surface area contributed by atoms with E-state index in [2.05, 4.69) is 9.72 Å². The largest absolute Gasteiger partial charge is 0.478 e. The molecule has 1 heterocycles. The lowest BCUT2D eigenvalue weighted by Crippen LogP contribution is -2.10. The van der Waals surface area contributed by atoms with Crippen LogP contribution < -0.4 is 0 Å². The minimum absolute atomic E-state index is 0.0260. The molecule has 0 saturated carbocycles. The number of carboxylic acids is 1. The average Bonchev–Trinajstić information content (AvgIpc) is 2.53. The van der Waals surface area contributed by atoms with Gasteiger partial charge in [0.15, 0.2) is 0 Å². The van der Waals surface area contributed by atoms with E-state index in [9.17, 15) is 24.8 Å². The molecule has 0 saturated heterocycles. The highest BCUT2D eigenvalue weighted by atomic mass is 16.6. The van der Waals surface area contributed by atoms with E-state index in [1.807, 2.05) is 0 Å². The lowest BCUT2D eigenvalue weighted by atomic mass is 9.96. The second kappa shape index (κ2) is 6.00. The quantitative estimate of drug-likeness (QED) is 0.522. The van der Waals surface area contributed by atoms with Crippen LogP contribution in [0.4, 0.5) is 5.69 Å². The summed E-state index contributed by atoms with van der Waals surface area (Å²) in [7, 11) is 1.15. The molecule has 8 nitrogen and oxygen atoms in total. The Morgan fingerprint density at radius 1 is 1.27 bits per heavy atom. The Hall–Kier alpha value is -3.29. The molecule has 2 aromatic rings. The SMILES string of the molecule is COC(=O)c1cncc(C(=O)O)c1-c1cccc([N+](=O)[O-])c1. The number of carboxylic acid groups (broad SMARTS) is 1. The number of rotatable bonds is 4. The lowest BCUT2D eigenvalue weighted by molar-refractivity contribution is -0.384. The molecule has 0 aliphatic carbocycles. The summed E-state index contributed by atoms with van der Waals surface area (Å²) in [4.78, 5) is 37.1. The van der Waals surface area contributed by atoms with Crippen LogP contribution in [0, 0.1) is 10.1 Å². The first-order chi connectivity index (χ1) is 10.5. The monoisotopic (exact) mass is 302 g/mol. The van der Waals surface area contributed by atoms with Gasteiger partial charge in [0.25, 0.3) is 5.69 Å². The number of aromatic carboxylic acids is 1. The fraction of sp³-hybridized carbons (Fsp3) is 0.0714. The number of non-ortho nitro benzene ring substituents is 1. The lowest BCUT2D eigenvalue weighted by Gasteiger charge is -2.10. The zero-order chi connectivity index (χ0) is 16.3. The number of hydrogen-bond donors (Lipinski definition) is 1. The first kappa shape index (κ1) is 15.1. The summed E-state index contributed by atoms with van der Waals surface area (Å²) < 4.78 is 4.61. The van der Waals surface area contributed by atoms with Gasteiger partial charge in [0.05, 0.1) is 23.2 Å². The number of esters is 1. The molecule has 0 aliphatic heterocycles. The summed E-state index contributed by atoms with van der Waals surface area (Å²) >= 11 is 0. The number of carbonyl (C=O) groups is 2. The molecule has 0 bridgehead atoms. The maximum Gasteiger partial charge on any atom is 0.340 e. The standard InChI is InChI=1S/C14H10N2O6/c1-22-14(19)11-7-15-6-10(13(17)18)12(11)8-3-2-4-9(5-8)16(20)21/h2-7H,1H3,(H,17,18). The van der Waals surface area contributed by atoms with Crippen LogP contribution in [0.3, 0.4) is 0 Å². The predicted octanol–water partition coefficient (Wildman–Crippen LogP) is 2.14. The number of benzene rings is 1. The molecule has 22 heavy (non-hydrogen) atoms. The Labute approximate surface area is 124 Å². The van der Waals surface area contributed by atoms with Crippen molar-refractivity contribution in [1.29, 1.82) is 0 Å². The molecule has 0 aliphatic rings. The molecule has 8 heteroatoms. The van der Waals surface area contributed by atoms with Gasteiger partial charge < -0.3 is 9.84 Å². The van der Waals surface area contributed by atoms with E-state index in [0.29, 0.717) is 0 Å². The van der Waals surface area contributed by atoms with Crippen LogP contribution >= 0.6 is 0 Å². The fourth-order valence-electron chi connectivity index (χ4n) is 1.97. The second-order valence-corrected chi connectivity index (χ2v) is 4.21. The van der Waals surface area contributed by atoms with Gasteiger partial charge in [0, 0.05) is 30.1 Å². The molecule has 1 aromatic heterocycles. The van der Waals surface area contributed by atoms with Crippen molar-refractivity contribution < 1.29 is 24.4 Å². The second-order valence-electron chi connectivity index (χ2n) is 4.21. The van der Waals surface area contributed by atoms with E-state index in [1.54, 1.807) is 0 Å². The topological polar surface area (TPSA) is 120 Å². The molecule has 0 spiro atoms. The van der Waals surface area contributed by atoms with Crippen molar-refractivity contribution in [1.82, 2.24) is 4.98 Å². The van der Waals surface area contributed by atoms with Gasteiger partial charge in [-0.3, -0.25) is 15.1 Å². The molecule has 1 N–H and O–H groups in total. The molecule has 0 fully saturated rings. The van der Waals surface area contributed by atoms with Gasteiger partial charge in [0.1, 0.15) is 0 Å². The third kappa shape index (κ3) is 2.75. The van der Waals surface area contributed by atoms with E-state index in [1.165, 1.54) is 24.3 Å².